The largest absolute Gasteiger partial charge is 0.486 e. The molecule has 0 bridgehead atoms. The summed E-state index contributed by atoms with van der Waals surface area (Å²) < 4.78 is 38.6. The third-order valence-electron chi connectivity index (χ3n) is 10.3. The summed E-state index contributed by atoms with van der Waals surface area (Å²) >= 11 is 0. The van der Waals surface area contributed by atoms with Crippen molar-refractivity contribution in [2.24, 2.45) is 5.92 Å². The summed E-state index contributed by atoms with van der Waals surface area (Å²) in [5.41, 5.74) is 4.90. The molecule has 4 aromatic carbocycles. The first-order chi connectivity index (χ1) is 24.0. The van der Waals surface area contributed by atoms with Crippen LogP contribution in [0.25, 0.3) is 0 Å². The van der Waals surface area contributed by atoms with Crippen molar-refractivity contribution in [2.75, 3.05) is 33.5 Å². The minimum Gasteiger partial charge on any atom is -0.486 e. The van der Waals surface area contributed by atoms with Gasteiger partial charge in [0.1, 0.15) is 24.9 Å². The molecule has 49 heavy (non-hydrogen) atoms. The molecule has 3 aliphatic rings. The lowest BCUT2D eigenvalue weighted by Gasteiger charge is -2.56. The summed E-state index contributed by atoms with van der Waals surface area (Å²) in [6.07, 6.45) is 1.57. The van der Waals surface area contributed by atoms with Crippen LogP contribution in [-0.2, 0) is 44.4 Å². The summed E-state index contributed by atoms with van der Waals surface area (Å²) in [4.78, 5) is 0. The second-order valence-electron chi connectivity index (χ2n) is 13.5. The van der Waals surface area contributed by atoms with Crippen molar-refractivity contribution in [3.05, 3.63) is 130 Å². The zero-order chi connectivity index (χ0) is 33.8. The second kappa shape index (κ2) is 14.6. The van der Waals surface area contributed by atoms with Crippen LogP contribution in [0.2, 0.25) is 0 Å². The molecule has 2 heterocycles. The van der Waals surface area contributed by atoms with Crippen LogP contribution in [-0.4, -0.2) is 61.6 Å². The smallest absolute Gasteiger partial charge is 0.225 e. The van der Waals surface area contributed by atoms with Gasteiger partial charge in [-0.1, -0.05) is 85.8 Å². The molecule has 4 aromatic rings. The van der Waals surface area contributed by atoms with Crippen LogP contribution in [0, 0.1) is 5.92 Å². The maximum atomic E-state index is 10.9. The molecule has 258 valence electrons. The van der Waals surface area contributed by atoms with E-state index in [1.54, 1.807) is 7.11 Å². The van der Waals surface area contributed by atoms with E-state index >= 15 is 0 Å². The van der Waals surface area contributed by atoms with Gasteiger partial charge in [-0.3, -0.25) is 0 Å². The number of fused-ring (bicyclic) bond motifs is 1. The topological polar surface area (TPSA) is 95.8 Å². The molecule has 8 heteroatoms. The number of aliphatic hydroxyl groups is 2. The molecule has 4 atom stereocenters. The maximum absolute atomic E-state index is 10.9. The fourth-order valence-electron chi connectivity index (χ4n) is 7.28. The first kappa shape index (κ1) is 33.7. The van der Waals surface area contributed by atoms with Gasteiger partial charge >= 0.3 is 0 Å². The molecular formula is C41H46O8. The molecule has 1 saturated carbocycles. The number of rotatable bonds is 13. The van der Waals surface area contributed by atoms with Crippen LogP contribution >= 0.6 is 0 Å². The van der Waals surface area contributed by atoms with Gasteiger partial charge in [-0.2, -0.15) is 0 Å². The number of aliphatic hydroxyl groups excluding tert-OH is 2. The SMILES string of the molecule is COC1(c2ccc(C3CC3)c(Cc3ccc4c(c3)OCCO4)c2)OC(CO)(CO)[C@@H](C)[C@H](OCc2ccccc2)[C@H]1OCc1ccccc1. The Morgan fingerprint density at radius 2 is 1.39 bits per heavy atom. The maximum Gasteiger partial charge on any atom is 0.225 e. The van der Waals surface area contributed by atoms with Gasteiger partial charge in [0.05, 0.1) is 32.5 Å². The lowest BCUT2D eigenvalue weighted by Crippen LogP contribution is -2.69. The van der Waals surface area contributed by atoms with E-state index in [1.165, 1.54) is 5.56 Å². The van der Waals surface area contributed by atoms with Gasteiger partial charge in [-0.15, -0.1) is 0 Å². The van der Waals surface area contributed by atoms with Crippen LogP contribution in [0.4, 0.5) is 0 Å². The third kappa shape index (κ3) is 6.86. The summed E-state index contributed by atoms with van der Waals surface area (Å²) in [6, 6.07) is 32.4. The van der Waals surface area contributed by atoms with E-state index in [4.69, 9.17) is 28.4 Å². The van der Waals surface area contributed by atoms with Gasteiger partial charge in [0.25, 0.3) is 0 Å². The Labute approximate surface area is 288 Å². The minimum absolute atomic E-state index is 0.285. The fraction of sp³-hybridized carbons (Fsp3) is 0.415. The van der Waals surface area contributed by atoms with E-state index in [0.29, 0.717) is 32.2 Å². The van der Waals surface area contributed by atoms with Crippen molar-refractivity contribution in [3.63, 3.8) is 0 Å². The van der Waals surface area contributed by atoms with E-state index in [9.17, 15) is 10.2 Å². The number of ether oxygens (including phenoxy) is 6. The monoisotopic (exact) mass is 666 g/mol. The number of hydrogen-bond acceptors (Lipinski definition) is 8. The van der Waals surface area contributed by atoms with Crippen LogP contribution in [0.15, 0.2) is 97.1 Å². The third-order valence-corrected chi connectivity index (χ3v) is 10.3. The molecule has 1 saturated heterocycles. The van der Waals surface area contributed by atoms with Crippen molar-refractivity contribution in [3.8, 4) is 11.5 Å². The zero-order valence-corrected chi connectivity index (χ0v) is 28.3. The number of hydrogen-bond donors (Lipinski definition) is 2. The molecule has 8 nitrogen and oxygen atoms in total. The predicted molar refractivity (Wildman–Crippen MR) is 185 cm³/mol. The number of methoxy groups -OCH3 is 1. The molecule has 2 fully saturated rings. The molecule has 0 aromatic heterocycles. The quantitative estimate of drug-likeness (QED) is 0.172. The highest BCUT2D eigenvalue weighted by Gasteiger charge is 2.62. The van der Waals surface area contributed by atoms with Gasteiger partial charge in [-0.05, 0) is 71.2 Å². The Bertz CT molecular complexity index is 1690. The normalized spacial score (nSPS) is 24.4. The Kier molecular flexibility index (Phi) is 10.1. The van der Waals surface area contributed by atoms with Gasteiger partial charge in [-0.25, -0.2) is 0 Å². The summed E-state index contributed by atoms with van der Waals surface area (Å²) in [7, 11) is 1.60. The van der Waals surface area contributed by atoms with Gasteiger partial charge in [0.15, 0.2) is 11.5 Å². The Hall–Kier alpha value is -3.76. The van der Waals surface area contributed by atoms with Crippen LogP contribution < -0.4 is 9.47 Å². The highest BCUT2D eigenvalue weighted by Crippen LogP contribution is 2.50. The molecule has 1 aliphatic carbocycles. The van der Waals surface area contributed by atoms with Gasteiger partial charge in [0, 0.05) is 18.6 Å². The van der Waals surface area contributed by atoms with E-state index in [0.717, 1.165) is 52.2 Å². The summed E-state index contributed by atoms with van der Waals surface area (Å²) in [5, 5.41) is 21.8. The van der Waals surface area contributed by atoms with Crippen LogP contribution in [0.1, 0.15) is 59.1 Å². The molecule has 0 spiro atoms. The van der Waals surface area contributed by atoms with Crippen molar-refractivity contribution in [1.82, 2.24) is 0 Å². The molecule has 2 aliphatic heterocycles. The molecule has 7 rings (SSSR count). The standard InChI is InChI=1S/C41H46O8/c1-28-38(47-24-29-9-5-3-6-10-29)39(48-25-30-11-7-4-8-12-30)41(44-2,49-40(28,26-42)27-43)34-16-17-35(32-14-15-32)33(23-34)21-31-13-18-36-37(22-31)46-20-19-45-36/h3-13,16-18,22-23,28,32,38-39,42-43H,14-15,19-21,24-27H2,1-2H3/t28-,38-,39+,41?/m0/s1. The molecule has 1 unspecified atom stereocenters. The average Bonchev–Trinajstić information content (AvgIpc) is 4.00. The Morgan fingerprint density at radius 3 is 2.02 bits per heavy atom. The highest BCUT2D eigenvalue weighted by molar-refractivity contribution is 5.47. The number of benzene rings is 4. The molecular weight excluding hydrogens is 620 g/mol. The van der Waals surface area contributed by atoms with E-state index in [-0.39, 0.29) is 6.61 Å². The zero-order valence-electron chi connectivity index (χ0n) is 28.3. The van der Waals surface area contributed by atoms with Crippen molar-refractivity contribution in [1.29, 1.82) is 0 Å². The molecule has 0 amide bonds. The predicted octanol–water partition coefficient (Wildman–Crippen LogP) is 6.29. The second-order valence-corrected chi connectivity index (χ2v) is 13.5. The van der Waals surface area contributed by atoms with E-state index in [1.807, 2.05) is 79.7 Å². The minimum atomic E-state index is -1.53. The molecule has 0 radical (unpaired) electrons. The fourth-order valence-corrected chi connectivity index (χ4v) is 7.28. The molecule has 2 N–H and O–H groups in total. The highest BCUT2D eigenvalue weighted by atomic mass is 16.7. The van der Waals surface area contributed by atoms with Crippen LogP contribution in [0.3, 0.4) is 0 Å². The lowest BCUT2D eigenvalue weighted by molar-refractivity contribution is -0.404. The summed E-state index contributed by atoms with van der Waals surface area (Å²) in [5.74, 6) is 0.0247. The Morgan fingerprint density at radius 1 is 0.735 bits per heavy atom. The first-order valence-electron chi connectivity index (χ1n) is 17.3. The van der Waals surface area contributed by atoms with Gasteiger partial charge in [0.2, 0.25) is 5.79 Å². The average molecular weight is 667 g/mol. The van der Waals surface area contributed by atoms with Gasteiger partial charge < -0.3 is 38.6 Å². The van der Waals surface area contributed by atoms with E-state index < -0.39 is 42.7 Å². The van der Waals surface area contributed by atoms with Crippen molar-refractivity contribution < 1.29 is 38.6 Å². The summed E-state index contributed by atoms with van der Waals surface area (Å²) in [6.45, 7) is 2.74. The van der Waals surface area contributed by atoms with Crippen LogP contribution in [0.5, 0.6) is 11.5 Å². The Balaban J connectivity index is 1.31. The van der Waals surface area contributed by atoms with Crippen molar-refractivity contribution >= 4 is 0 Å². The van der Waals surface area contributed by atoms with E-state index in [2.05, 4.69) is 24.3 Å². The lowest BCUT2D eigenvalue weighted by atomic mass is 9.75. The first-order valence-corrected chi connectivity index (χ1v) is 17.3. The van der Waals surface area contributed by atoms with Crippen molar-refractivity contribution in [2.45, 2.75) is 68.9 Å².